The third-order valence-corrected chi connectivity index (χ3v) is 3.30. The summed E-state index contributed by atoms with van der Waals surface area (Å²) in [5.74, 6) is 0.617. The number of rotatable bonds is 6. The Morgan fingerprint density at radius 2 is 2.20 bits per heavy atom. The zero-order valence-corrected chi connectivity index (χ0v) is 12.6. The van der Waals surface area contributed by atoms with Crippen LogP contribution in [-0.4, -0.2) is 12.5 Å². The van der Waals surface area contributed by atoms with Crippen molar-refractivity contribution in [3.8, 4) is 6.07 Å². The van der Waals surface area contributed by atoms with Crippen molar-refractivity contribution in [2.75, 3.05) is 11.9 Å². The van der Waals surface area contributed by atoms with Crippen LogP contribution in [0.2, 0.25) is 5.02 Å². The van der Waals surface area contributed by atoms with Crippen LogP contribution in [-0.2, 0) is 4.79 Å². The second-order valence-electron chi connectivity index (χ2n) is 5.29. The van der Waals surface area contributed by atoms with Crippen LogP contribution in [0.3, 0.4) is 0 Å². The van der Waals surface area contributed by atoms with E-state index in [1.807, 2.05) is 6.07 Å². The molecule has 4 nitrogen and oxygen atoms in total. The van der Waals surface area contributed by atoms with E-state index in [-0.39, 0.29) is 11.8 Å². The fourth-order valence-corrected chi connectivity index (χ4v) is 2.31. The lowest BCUT2D eigenvalue weighted by atomic mass is 9.94. The Bertz CT molecular complexity index is 508. The Hall–Kier alpha value is -1.57. The monoisotopic (exact) mass is 293 g/mol. The molecule has 0 aliphatic rings. The molecule has 0 aliphatic carbocycles. The van der Waals surface area contributed by atoms with Gasteiger partial charge in [0.05, 0.1) is 10.6 Å². The van der Waals surface area contributed by atoms with Crippen molar-refractivity contribution in [3.05, 3.63) is 28.8 Å². The zero-order chi connectivity index (χ0) is 15.1. The lowest BCUT2D eigenvalue weighted by Crippen LogP contribution is -2.23. The van der Waals surface area contributed by atoms with Gasteiger partial charge in [0, 0.05) is 12.1 Å². The van der Waals surface area contributed by atoms with E-state index in [0.717, 1.165) is 6.42 Å². The van der Waals surface area contributed by atoms with Crippen molar-refractivity contribution in [1.82, 2.24) is 0 Å². The van der Waals surface area contributed by atoms with Gasteiger partial charge in [-0.3, -0.25) is 4.79 Å². The maximum atomic E-state index is 12.0. The minimum atomic E-state index is -0.0816. The molecule has 1 aromatic rings. The van der Waals surface area contributed by atoms with Crippen molar-refractivity contribution in [3.63, 3.8) is 0 Å². The highest BCUT2D eigenvalue weighted by molar-refractivity contribution is 6.32. The Kier molecular flexibility index (Phi) is 6.50. The SMILES string of the molecule is CC(C)CC(CN)CC(=O)Nc1ccc(C#N)c(Cl)c1. The molecule has 0 aromatic heterocycles. The minimum absolute atomic E-state index is 0.0816. The summed E-state index contributed by atoms with van der Waals surface area (Å²) in [5, 5.41) is 11.9. The molecule has 20 heavy (non-hydrogen) atoms. The summed E-state index contributed by atoms with van der Waals surface area (Å²) in [4.78, 5) is 12.0. The van der Waals surface area contributed by atoms with Gasteiger partial charge >= 0.3 is 0 Å². The lowest BCUT2D eigenvalue weighted by Gasteiger charge is -2.16. The molecule has 0 bridgehead atoms. The van der Waals surface area contributed by atoms with Crippen LogP contribution >= 0.6 is 11.6 Å². The quantitative estimate of drug-likeness (QED) is 0.845. The van der Waals surface area contributed by atoms with Crippen molar-refractivity contribution in [2.24, 2.45) is 17.6 Å². The van der Waals surface area contributed by atoms with Gasteiger partial charge in [0.2, 0.25) is 5.91 Å². The molecule has 1 rings (SSSR count). The van der Waals surface area contributed by atoms with Crippen molar-refractivity contribution in [2.45, 2.75) is 26.7 Å². The first-order valence-electron chi connectivity index (χ1n) is 6.65. The molecule has 0 fully saturated rings. The van der Waals surface area contributed by atoms with E-state index in [1.54, 1.807) is 18.2 Å². The average Bonchev–Trinajstić information content (AvgIpc) is 2.37. The zero-order valence-electron chi connectivity index (χ0n) is 11.8. The predicted octanol–water partition coefficient (Wildman–Crippen LogP) is 3.16. The van der Waals surface area contributed by atoms with E-state index < -0.39 is 0 Å². The first-order chi connectivity index (χ1) is 9.46. The molecule has 0 spiro atoms. The van der Waals surface area contributed by atoms with E-state index in [1.165, 1.54) is 0 Å². The van der Waals surface area contributed by atoms with Gasteiger partial charge in [-0.05, 0) is 43.0 Å². The molecule has 0 saturated heterocycles. The Morgan fingerprint density at radius 3 is 2.70 bits per heavy atom. The number of anilines is 1. The van der Waals surface area contributed by atoms with Gasteiger partial charge < -0.3 is 11.1 Å². The van der Waals surface area contributed by atoms with Gasteiger partial charge in [-0.15, -0.1) is 0 Å². The van der Waals surface area contributed by atoms with E-state index in [9.17, 15) is 4.79 Å². The molecular formula is C15H20ClN3O. The normalized spacial score (nSPS) is 12.0. The molecule has 1 amide bonds. The van der Waals surface area contributed by atoms with E-state index in [2.05, 4.69) is 19.2 Å². The largest absolute Gasteiger partial charge is 0.330 e. The lowest BCUT2D eigenvalue weighted by molar-refractivity contribution is -0.117. The molecule has 3 N–H and O–H groups in total. The van der Waals surface area contributed by atoms with Crippen LogP contribution in [0.15, 0.2) is 18.2 Å². The summed E-state index contributed by atoms with van der Waals surface area (Å²) >= 11 is 5.92. The number of nitriles is 1. The Balaban J connectivity index is 2.62. The highest BCUT2D eigenvalue weighted by Gasteiger charge is 2.14. The average molecular weight is 294 g/mol. The molecule has 0 heterocycles. The topological polar surface area (TPSA) is 78.9 Å². The van der Waals surface area contributed by atoms with Crippen LogP contribution in [0.1, 0.15) is 32.3 Å². The second kappa shape index (κ2) is 7.88. The first-order valence-corrected chi connectivity index (χ1v) is 7.03. The van der Waals surface area contributed by atoms with Crippen LogP contribution in [0.25, 0.3) is 0 Å². The van der Waals surface area contributed by atoms with Gasteiger partial charge in [-0.25, -0.2) is 0 Å². The van der Waals surface area contributed by atoms with Crippen molar-refractivity contribution >= 4 is 23.2 Å². The number of halogens is 1. The number of benzene rings is 1. The minimum Gasteiger partial charge on any atom is -0.330 e. The summed E-state index contributed by atoms with van der Waals surface area (Å²) in [6, 6.07) is 6.82. The summed E-state index contributed by atoms with van der Waals surface area (Å²) in [6.07, 6.45) is 1.32. The van der Waals surface area contributed by atoms with Gasteiger partial charge in [0.25, 0.3) is 0 Å². The van der Waals surface area contributed by atoms with Gasteiger partial charge in [0.15, 0.2) is 0 Å². The van der Waals surface area contributed by atoms with Gasteiger partial charge in [-0.1, -0.05) is 25.4 Å². The second-order valence-corrected chi connectivity index (χ2v) is 5.70. The molecule has 1 aromatic carbocycles. The molecule has 0 aliphatic heterocycles. The number of amides is 1. The standard InChI is InChI=1S/C15H20ClN3O/c1-10(2)5-11(8-17)6-15(20)19-13-4-3-12(9-18)14(16)7-13/h3-4,7,10-11H,5-6,8,17H2,1-2H3,(H,19,20). The summed E-state index contributed by atoms with van der Waals surface area (Å²) in [7, 11) is 0. The number of hydrogen-bond donors (Lipinski definition) is 2. The number of nitrogens with one attached hydrogen (secondary N) is 1. The Morgan fingerprint density at radius 1 is 1.50 bits per heavy atom. The van der Waals surface area contributed by atoms with Crippen molar-refractivity contribution < 1.29 is 4.79 Å². The van der Waals surface area contributed by atoms with Crippen LogP contribution < -0.4 is 11.1 Å². The molecule has 1 unspecified atom stereocenters. The molecule has 0 radical (unpaired) electrons. The number of carbonyl (C=O) groups is 1. The first kappa shape index (κ1) is 16.5. The number of nitrogens with zero attached hydrogens (tertiary/aromatic N) is 1. The van der Waals surface area contributed by atoms with E-state index in [0.29, 0.717) is 35.2 Å². The predicted molar refractivity (Wildman–Crippen MR) is 81.4 cm³/mol. The van der Waals surface area contributed by atoms with E-state index in [4.69, 9.17) is 22.6 Å². The summed E-state index contributed by atoms with van der Waals surface area (Å²) in [5.41, 5.74) is 6.68. The molecular weight excluding hydrogens is 274 g/mol. The van der Waals surface area contributed by atoms with Crippen molar-refractivity contribution in [1.29, 1.82) is 5.26 Å². The molecule has 1 atom stereocenters. The maximum Gasteiger partial charge on any atom is 0.224 e. The Labute approximate surface area is 124 Å². The highest BCUT2D eigenvalue weighted by Crippen LogP contribution is 2.21. The molecule has 108 valence electrons. The number of carbonyl (C=O) groups excluding carboxylic acids is 1. The van der Waals surface area contributed by atoms with Gasteiger partial charge in [-0.2, -0.15) is 5.26 Å². The van der Waals surface area contributed by atoms with Crippen LogP contribution in [0.4, 0.5) is 5.69 Å². The third-order valence-electron chi connectivity index (χ3n) is 2.99. The van der Waals surface area contributed by atoms with Crippen LogP contribution in [0, 0.1) is 23.2 Å². The summed E-state index contributed by atoms with van der Waals surface area (Å²) < 4.78 is 0. The third kappa shape index (κ3) is 5.20. The smallest absolute Gasteiger partial charge is 0.224 e. The summed E-state index contributed by atoms with van der Waals surface area (Å²) in [6.45, 7) is 4.72. The van der Waals surface area contributed by atoms with Crippen LogP contribution in [0.5, 0.6) is 0 Å². The fraction of sp³-hybridized carbons (Fsp3) is 0.467. The van der Waals surface area contributed by atoms with E-state index >= 15 is 0 Å². The molecule has 0 saturated carbocycles. The van der Waals surface area contributed by atoms with Gasteiger partial charge in [0.1, 0.15) is 6.07 Å². The number of hydrogen-bond acceptors (Lipinski definition) is 3. The number of nitrogens with two attached hydrogens (primary N) is 1. The maximum absolute atomic E-state index is 12.0. The highest BCUT2D eigenvalue weighted by atomic mass is 35.5. The fourth-order valence-electron chi connectivity index (χ4n) is 2.09. The molecule has 5 heteroatoms.